The van der Waals surface area contributed by atoms with E-state index in [1.54, 1.807) is 0 Å². The highest BCUT2D eigenvalue weighted by atomic mass is 16.4. The summed E-state index contributed by atoms with van der Waals surface area (Å²) in [7, 11) is 0. The minimum absolute atomic E-state index is 0.145. The fourth-order valence-corrected chi connectivity index (χ4v) is 3.20. The molecule has 1 amide bonds. The number of hydrogen-bond acceptors (Lipinski definition) is 3. The van der Waals surface area contributed by atoms with Crippen LogP contribution >= 0.6 is 0 Å². The molecule has 2 fully saturated rings. The molecular weight excluding hydrogens is 244 g/mol. The van der Waals surface area contributed by atoms with Crippen molar-refractivity contribution in [1.82, 2.24) is 9.80 Å². The molecule has 0 spiro atoms. The Labute approximate surface area is 114 Å². The smallest absolute Gasteiger partial charge is 0.308 e. The number of carboxylic acids is 1. The van der Waals surface area contributed by atoms with E-state index in [2.05, 4.69) is 11.8 Å². The number of piperidine rings is 2. The van der Waals surface area contributed by atoms with E-state index in [-0.39, 0.29) is 17.9 Å². The van der Waals surface area contributed by atoms with Crippen molar-refractivity contribution in [3.63, 3.8) is 0 Å². The number of amides is 1. The van der Waals surface area contributed by atoms with Crippen LogP contribution in [0.5, 0.6) is 0 Å². The standard InChI is InChI=1S/C14H24N2O3/c1-2-7-15-8-5-12(6-9-15)16-10-11(14(18)19)3-4-13(16)17/h11-12H,2-10H2,1H3,(H,18,19). The first-order chi connectivity index (χ1) is 9.11. The lowest BCUT2D eigenvalue weighted by Crippen LogP contribution is -2.52. The summed E-state index contributed by atoms with van der Waals surface area (Å²) in [4.78, 5) is 27.3. The molecule has 2 aliphatic heterocycles. The third-order valence-electron chi connectivity index (χ3n) is 4.33. The minimum atomic E-state index is -0.763. The summed E-state index contributed by atoms with van der Waals surface area (Å²) < 4.78 is 0. The van der Waals surface area contributed by atoms with Crippen molar-refractivity contribution in [2.24, 2.45) is 5.92 Å². The number of aliphatic carboxylic acids is 1. The maximum absolute atomic E-state index is 12.0. The van der Waals surface area contributed by atoms with Crippen LogP contribution in [0.1, 0.15) is 39.0 Å². The van der Waals surface area contributed by atoms with Crippen LogP contribution in [0.15, 0.2) is 0 Å². The van der Waals surface area contributed by atoms with Crippen LogP contribution in [0.3, 0.4) is 0 Å². The molecule has 2 rings (SSSR count). The quantitative estimate of drug-likeness (QED) is 0.832. The van der Waals surface area contributed by atoms with Gasteiger partial charge in [-0.2, -0.15) is 0 Å². The predicted octanol–water partition coefficient (Wildman–Crippen LogP) is 1.18. The van der Waals surface area contributed by atoms with Crippen molar-refractivity contribution in [3.8, 4) is 0 Å². The van der Waals surface area contributed by atoms with Gasteiger partial charge in [-0.15, -0.1) is 0 Å². The largest absolute Gasteiger partial charge is 0.481 e. The Bertz CT molecular complexity index is 338. The maximum Gasteiger partial charge on any atom is 0.308 e. The zero-order valence-electron chi connectivity index (χ0n) is 11.7. The number of carbonyl (C=O) groups is 2. The molecule has 5 nitrogen and oxygen atoms in total. The molecule has 2 saturated heterocycles. The van der Waals surface area contributed by atoms with E-state index in [9.17, 15) is 9.59 Å². The van der Waals surface area contributed by atoms with Crippen molar-refractivity contribution in [2.75, 3.05) is 26.2 Å². The second-order valence-electron chi connectivity index (χ2n) is 5.69. The van der Waals surface area contributed by atoms with Gasteiger partial charge in [-0.3, -0.25) is 9.59 Å². The predicted molar refractivity (Wildman–Crippen MR) is 71.8 cm³/mol. The molecule has 0 saturated carbocycles. The van der Waals surface area contributed by atoms with Gasteiger partial charge in [0.25, 0.3) is 0 Å². The molecule has 108 valence electrons. The Morgan fingerprint density at radius 1 is 1.32 bits per heavy atom. The van der Waals surface area contributed by atoms with Gasteiger partial charge in [-0.25, -0.2) is 0 Å². The van der Waals surface area contributed by atoms with Crippen molar-refractivity contribution in [3.05, 3.63) is 0 Å². The molecule has 1 N–H and O–H groups in total. The van der Waals surface area contributed by atoms with Gasteiger partial charge in [0, 0.05) is 32.1 Å². The molecule has 0 bridgehead atoms. The Hall–Kier alpha value is -1.10. The normalized spacial score (nSPS) is 26.7. The van der Waals surface area contributed by atoms with Crippen LogP contribution in [0, 0.1) is 5.92 Å². The van der Waals surface area contributed by atoms with Gasteiger partial charge in [0.1, 0.15) is 0 Å². The van der Waals surface area contributed by atoms with Gasteiger partial charge in [0.05, 0.1) is 5.92 Å². The average Bonchev–Trinajstić information content (AvgIpc) is 2.40. The van der Waals surface area contributed by atoms with Crippen LogP contribution in [0.25, 0.3) is 0 Å². The number of hydrogen-bond donors (Lipinski definition) is 1. The van der Waals surface area contributed by atoms with Gasteiger partial charge in [0.2, 0.25) is 5.91 Å². The van der Waals surface area contributed by atoms with Gasteiger partial charge >= 0.3 is 5.97 Å². The van der Waals surface area contributed by atoms with E-state index in [1.807, 2.05) is 4.90 Å². The fraction of sp³-hybridized carbons (Fsp3) is 0.857. The molecular formula is C14H24N2O3. The van der Waals surface area contributed by atoms with Crippen molar-refractivity contribution < 1.29 is 14.7 Å². The summed E-state index contributed by atoms with van der Waals surface area (Å²) in [6.07, 6.45) is 4.02. The highest BCUT2D eigenvalue weighted by Crippen LogP contribution is 2.25. The molecule has 19 heavy (non-hydrogen) atoms. The number of carbonyl (C=O) groups excluding carboxylic acids is 1. The van der Waals surface area contributed by atoms with E-state index < -0.39 is 5.97 Å². The van der Waals surface area contributed by atoms with E-state index in [1.165, 1.54) is 0 Å². The lowest BCUT2D eigenvalue weighted by atomic mass is 9.93. The summed E-state index contributed by atoms with van der Waals surface area (Å²) in [6, 6.07) is 0.253. The topological polar surface area (TPSA) is 60.9 Å². The number of nitrogens with zero attached hydrogens (tertiary/aromatic N) is 2. The Kier molecular flexibility index (Phi) is 4.80. The average molecular weight is 268 g/mol. The van der Waals surface area contributed by atoms with Crippen molar-refractivity contribution in [2.45, 2.75) is 45.1 Å². The van der Waals surface area contributed by atoms with Gasteiger partial charge in [0.15, 0.2) is 0 Å². The lowest BCUT2D eigenvalue weighted by molar-refractivity contribution is -0.149. The molecule has 0 aromatic carbocycles. The van der Waals surface area contributed by atoms with E-state index in [0.29, 0.717) is 19.4 Å². The zero-order valence-corrected chi connectivity index (χ0v) is 11.7. The van der Waals surface area contributed by atoms with E-state index in [4.69, 9.17) is 5.11 Å². The van der Waals surface area contributed by atoms with E-state index >= 15 is 0 Å². The number of rotatable bonds is 4. The summed E-state index contributed by atoms with van der Waals surface area (Å²) in [5, 5.41) is 9.11. The number of likely N-dealkylation sites (tertiary alicyclic amines) is 2. The third kappa shape index (κ3) is 3.47. The SMILES string of the molecule is CCCN1CCC(N2CC(C(=O)O)CCC2=O)CC1. The molecule has 2 aliphatic rings. The minimum Gasteiger partial charge on any atom is -0.481 e. The highest BCUT2D eigenvalue weighted by molar-refractivity contribution is 5.80. The summed E-state index contributed by atoms with van der Waals surface area (Å²) in [5.41, 5.74) is 0. The lowest BCUT2D eigenvalue weighted by Gasteiger charge is -2.41. The maximum atomic E-state index is 12.0. The molecule has 1 atom stereocenters. The molecule has 0 aliphatic carbocycles. The molecule has 0 aromatic heterocycles. The first-order valence-electron chi connectivity index (χ1n) is 7.36. The molecule has 5 heteroatoms. The third-order valence-corrected chi connectivity index (χ3v) is 4.33. The van der Waals surface area contributed by atoms with Crippen molar-refractivity contribution in [1.29, 1.82) is 0 Å². The Morgan fingerprint density at radius 2 is 2.00 bits per heavy atom. The summed E-state index contributed by atoms with van der Waals surface area (Å²) in [5.74, 6) is -0.987. The van der Waals surface area contributed by atoms with Crippen molar-refractivity contribution >= 4 is 11.9 Å². The van der Waals surface area contributed by atoms with Crippen LogP contribution in [-0.4, -0.2) is 59.0 Å². The monoisotopic (exact) mass is 268 g/mol. The first kappa shape index (κ1) is 14.3. The Morgan fingerprint density at radius 3 is 2.58 bits per heavy atom. The molecule has 2 heterocycles. The van der Waals surface area contributed by atoms with Gasteiger partial charge in [-0.1, -0.05) is 6.92 Å². The zero-order chi connectivity index (χ0) is 13.8. The summed E-state index contributed by atoms with van der Waals surface area (Å²) in [6.45, 7) is 5.77. The van der Waals surface area contributed by atoms with E-state index in [0.717, 1.165) is 38.9 Å². The van der Waals surface area contributed by atoms with Crippen LogP contribution in [-0.2, 0) is 9.59 Å². The molecule has 1 unspecified atom stereocenters. The Balaban J connectivity index is 1.90. The van der Waals surface area contributed by atoms with Gasteiger partial charge in [-0.05, 0) is 32.2 Å². The fourth-order valence-electron chi connectivity index (χ4n) is 3.20. The highest BCUT2D eigenvalue weighted by Gasteiger charge is 2.35. The van der Waals surface area contributed by atoms with Crippen LogP contribution in [0.4, 0.5) is 0 Å². The number of carboxylic acid groups (broad SMARTS) is 1. The van der Waals surface area contributed by atoms with Crippen LogP contribution < -0.4 is 0 Å². The van der Waals surface area contributed by atoms with Gasteiger partial charge < -0.3 is 14.9 Å². The second-order valence-corrected chi connectivity index (χ2v) is 5.69. The van der Waals surface area contributed by atoms with Crippen LogP contribution in [0.2, 0.25) is 0 Å². The molecule has 0 aromatic rings. The summed E-state index contributed by atoms with van der Waals surface area (Å²) >= 11 is 0. The first-order valence-corrected chi connectivity index (χ1v) is 7.36. The second kappa shape index (κ2) is 6.37. The molecule has 0 radical (unpaired) electrons.